The van der Waals surface area contributed by atoms with Crippen LogP contribution in [0.1, 0.15) is 15.9 Å². The minimum Gasteiger partial charge on any atom is -0.478 e. The van der Waals surface area contributed by atoms with Crippen molar-refractivity contribution in [2.75, 3.05) is 0 Å². The molecule has 0 aliphatic rings. The lowest BCUT2D eigenvalue weighted by molar-refractivity contribution is 0.0693. The van der Waals surface area contributed by atoms with Gasteiger partial charge in [0.2, 0.25) is 0 Å². The molecule has 0 aliphatic heterocycles. The van der Waals surface area contributed by atoms with Gasteiger partial charge in [0.1, 0.15) is 11.9 Å². The molecule has 0 radical (unpaired) electrons. The van der Waals surface area contributed by atoms with Crippen molar-refractivity contribution < 1.29 is 14.3 Å². The second kappa shape index (κ2) is 5.55. The maximum atomic E-state index is 13.0. The summed E-state index contributed by atoms with van der Waals surface area (Å²) in [5.74, 6) is -1.53. The fourth-order valence-electron chi connectivity index (χ4n) is 1.53. The highest BCUT2D eigenvalue weighted by molar-refractivity contribution is 7.99. The Morgan fingerprint density at radius 3 is 2.63 bits per heavy atom. The van der Waals surface area contributed by atoms with Crippen molar-refractivity contribution in [3.63, 3.8) is 0 Å². The van der Waals surface area contributed by atoms with Crippen LogP contribution in [0.3, 0.4) is 0 Å². The van der Waals surface area contributed by atoms with Crippen molar-refractivity contribution in [1.82, 2.24) is 0 Å². The predicted octanol–water partition coefficient (Wildman–Crippen LogP) is 3.55. The number of nitrogens with zero attached hydrogens (tertiary/aromatic N) is 1. The second-order valence-electron chi connectivity index (χ2n) is 3.66. The zero-order valence-electron chi connectivity index (χ0n) is 9.63. The lowest BCUT2D eigenvalue weighted by Gasteiger charge is -2.06. The summed E-state index contributed by atoms with van der Waals surface area (Å²) in [4.78, 5) is 12.1. The van der Waals surface area contributed by atoms with E-state index in [1.807, 2.05) is 6.07 Å². The summed E-state index contributed by atoms with van der Waals surface area (Å²) >= 11 is 1.13. The number of carboxylic acids is 1. The number of carbonyl (C=O) groups is 1. The first-order valence-corrected chi connectivity index (χ1v) is 6.13. The summed E-state index contributed by atoms with van der Waals surface area (Å²) in [7, 11) is 0. The lowest BCUT2D eigenvalue weighted by Crippen LogP contribution is -1.98. The van der Waals surface area contributed by atoms with Crippen LogP contribution in [0, 0.1) is 17.1 Å². The minimum absolute atomic E-state index is 0.153. The second-order valence-corrected chi connectivity index (χ2v) is 4.74. The van der Waals surface area contributed by atoms with Gasteiger partial charge < -0.3 is 5.11 Å². The summed E-state index contributed by atoms with van der Waals surface area (Å²) in [6.45, 7) is 0. The highest BCUT2D eigenvalue weighted by atomic mass is 32.2. The molecule has 0 aromatic heterocycles. The predicted molar refractivity (Wildman–Crippen MR) is 68.6 cm³/mol. The molecule has 5 heteroatoms. The van der Waals surface area contributed by atoms with Gasteiger partial charge in [-0.15, -0.1) is 0 Å². The van der Waals surface area contributed by atoms with Crippen LogP contribution in [0.4, 0.5) is 4.39 Å². The Labute approximate surface area is 113 Å². The van der Waals surface area contributed by atoms with Crippen LogP contribution in [0.2, 0.25) is 0 Å². The quantitative estimate of drug-likeness (QED) is 0.929. The fraction of sp³-hybridized carbons (Fsp3) is 0. The number of halogens is 1. The number of rotatable bonds is 3. The molecule has 2 rings (SSSR count). The van der Waals surface area contributed by atoms with Crippen LogP contribution in [-0.2, 0) is 0 Å². The van der Waals surface area contributed by atoms with Crippen LogP contribution in [0.15, 0.2) is 52.3 Å². The molecular formula is C14H8FNO2S. The number of benzene rings is 2. The lowest BCUT2D eigenvalue weighted by atomic mass is 10.2. The molecule has 0 bridgehead atoms. The average molecular weight is 273 g/mol. The minimum atomic E-state index is -1.04. The maximum absolute atomic E-state index is 13.0. The number of hydrogen-bond acceptors (Lipinski definition) is 3. The summed E-state index contributed by atoms with van der Waals surface area (Å²) < 4.78 is 13.0. The molecule has 2 aromatic rings. The van der Waals surface area contributed by atoms with Crippen LogP contribution in [0.5, 0.6) is 0 Å². The Kier molecular flexibility index (Phi) is 3.83. The van der Waals surface area contributed by atoms with Crippen molar-refractivity contribution in [3.8, 4) is 6.07 Å². The van der Waals surface area contributed by atoms with Gasteiger partial charge in [-0.2, -0.15) is 5.26 Å². The van der Waals surface area contributed by atoms with Gasteiger partial charge in [-0.1, -0.05) is 23.9 Å². The van der Waals surface area contributed by atoms with Crippen LogP contribution in [-0.4, -0.2) is 11.1 Å². The van der Waals surface area contributed by atoms with E-state index >= 15 is 0 Å². The Balaban J connectivity index is 2.43. The van der Waals surface area contributed by atoms with E-state index in [9.17, 15) is 9.18 Å². The smallest absolute Gasteiger partial charge is 0.336 e. The van der Waals surface area contributed by atoms with E-state index in [1.54, 1.807) is 18.2 Å². The monoisotopic (exact) mass is 273 g/mol. The van der Waals surface area contributed by atoms with E-state index in [0.717, 1.165) is 17.8 Å². The van der Waals surface area contributed by atoms with Crippen molar-refractivity contribution >= 4 is 17.7 Å². The Morgan fingerprint density at radius 2 is 1.95 bits per heavy atom. The molecular weight excluding hydrogens is 265 g/mol. The molecule has 19 heavy (non-hydrogen) atoms. The van der Waals surface area contributed by atoms with E-state index in [-0.39, 0.29) is 11.1 Å². The third-order valence-corrected chi connectivity index (χ3v) is 3.55. The van der Waals surface area contributed by atoms with Crippen molar-refractivity contribution in [3.05, 3.63) is 59.4 Å². The molecule has 0 aliphatic carbocycles. The number of nitriles is 1. The zero-order chi connectivity index (χ0) is 13.8. The molecule has 0 saturated carbocycles. The largest absolute Gasteiger partial charge is 0.478 e. The van der Waals surface area contributed by atoms with Gasteiger partial charge in [0.05, 0.1) is 11.1 Å². The first-order chi connectivity index (χ1) is 9.11. The molecule has 2 aromatic carbocycles. The SMILES string of the molecule is N#Cc1cc(F)ccc1Sc1ccccc1C(=O)O. The van der Waals surface area contributed by atoms with Gasteiger partial charge in [-0.05, 0) is 30.3 Å². The zero-order valence-corrected chi connectivity index (χ0v) is 10.4. The molecule has 0 unspecified atom stereocenters. The Bertz CT molecular complexity index is 679. The summed E-state index contributed by atoms with van der Waals surface area (Å²) in [5, 5.41) is 18.0. The average Bonchev–Trinajstić information content (AvgIpc) is 2.41. The molecule has 94 valence electrons. The summed E-state index contributed by atoms with van der Waals surface area (Å²) in [6, 6.07) is 12.2. The van der Waals surface area contributed by atoms with E-state index < -0.39 is 11.8 Å². The highest BCUT2D eigenvalue weighted by Gasteiger charge is 2.12. The summed E-state index contributed by atoms with van der Waals surface area (Å²) in [5.41, 5.74) is 0.339. The van der Waals surface area contributed by atoms with Crippen LogP contribution < -0.4 is 0 Å². The van der Waals surface area contributed by atoms with Crippen molar-refractivity contribution in [2.45, 2.75) is 9.79 Å². The van der Waals surface area contributed by atoms with E-state index in [4.69, 9.17) is 10.4 Å². The molecule has 1 N–H and O–H groups in total. The molecule has 0 amide bonds. The molecule has 0 saturated heterocycles. The first-order valence-electron chi connectivity index (χ1n) is 5.31. The van der Waals surface area contributed by atoms with Crippen LogP contribution in [0.25, 0.3) is 0 Å². The third-order valence-electron chi connectivity index (χ3n) is 2.40. The van der Waals surface area contributed by atoms with Crippen molar-refractivity contribution in [1.29, 1.82) is 5.26 Å². The van der Waals surface area contributed by atoms with Gasteiger partial charge in [0, 0.05) is 9.79 Å². The van der Waals surface area contributed by atoms with Gasteiger partial charge in [-0.25, -0.2) is 9.18 Å². The van der Waals surface area contributed by atoms with Gasteiger partial charge in [0.25, 0.3) is 0 Å². The maximum Gasteiger partial charge on any atom is 0.336 e. The van der Waals surface area contributed by atoms with Gasteiger partial charge in [-0.3, -0.25) is 0 Å². The standard InChI is InChI=1S/C14H8FNO2S/c15-10-5-6-12(9(7-10)8-16)19-13-4-2-1-3-11(13)14(17)18/h1-7H,(H,17,18). The molecule has 0 fully saturated rings. The molecule has 0 atom stereocenters. The van der Waals surface area contributed by atoms with Gasteiger partial charge in [0.15, 0.2) is 0 Å². The fourth-order valence-corrected chi connectivity index (χ4v) is 2.53. The van der Waals surface area contributed by atoms with Gasteiger partial charge >= 0.3 is 5.97 Å². The number of hydrogen-bond donors (Lipinski definition) is 1. The van der Waals surface area contributed by atoms with Crippen LogP contribution >= 0.6 is 11.8 Å². The first kappa shape index (κ1) is 13.1. The van der Waals surface area contributed by atoms with E-state index in [2.05, 4.69) is 0 Å². The normalized spacial score (nSPS) is 9.89. The number of carboxylic acid groups (broad SMARTS) is 1. The molecule has 0 heterocycles. The molecule has 0 spiro atoms. The highest BCUT2D eigenvalue weighted by Crippen LogP contribution is 2.32. The third kappa shape index (κ3) is 2.92. The molecule has 3 nitrogen and oxygen atoms in total. The van der Waals surface area contributed by atoms with E-state index in [1.165, 1.54) is 18.2 Å². The number of aromatic carboxylic acids is 1. The summed E-state index contributed by atoms with van der Waals surface area (Å²) in [6.07, 6.45) is 0. The topological polar surface area (TPSA) is 61.1 Å². The Hall–Kier alpha value is -2.32. The van der Waals surface area contributed by atoms with E-state index in [0.29, 0.717) is 9.79 Å². The Morgan fingerprint density at radius 1 is 1.21 bits per heavy atom. The van der Waals surface area contributed by atoms with Crippen molar-refractivity contribution in [2.24, 2.45) is 0 Å².